The molecule has 1 rings (SSSR count). The largest absolute Gasteiger partial charge is 0.338 e. The van der Waals surface area contributed by atoms with E-state index in [4.69, 9.17) is 0 Å². The maximum absolute atomic E-state index is 11.2. The van der Waals surface area contributed by atoms with Crippen LogP contribution in [0.25, 0.3) is 0 Å². The SMILES string of the molecule is CCNC(=O)NC1CCC(SC)CC1. The molecule has 0 aromatic heterocycles. The number of carbonyl (C=O) groups is 1. The lowest BCUT2D eigenvalue weighted by molar-refractivity contribution is 0.233. The first kappa shape index (κ1) is 11.7. The van der Waals surface area contributed by atoms with E-state index in [0.29, 0.717) is 12.6 Å². The van der Waals surface area contributed by atoms with Crippen LogP contribution in [0.4, 0.5) is 4.79 Å². The molecule has 0 aromatic carbocycles. The highest BCUT2D eigenvalue weighted by Gasteiger charge is 2.21. The van der Waals surface area contributed by atoms with Crippen LogP contribution in [0.1, 0.15) is 32.6 Å². The quantitative estimate of drug-likeness (QED) is 0.757. The number of rotatable bonds is 3. The Morgan fingerprint density at radius 2 is 2.00 bits per heavy atom. The van der Waals surface area contributed by atoms with E-state index in [2.05, 4.69) is 16.9 Å². The molecule has 1 fully saturated rings. The summed E-state index contributed by atoms with van der Waals surface area (Å²) in [6, 6.07) is 0.380. The Bertz CT molecular complexity index is 179. The Labute approximate surface area is 90.4 Å². The predicted molar refractivity (Wildman–Crippen MR) is 61.8 cm³/mol. The van der Waals surface area contributed by atoms with E-state index in [1.807, 2.05) is 18.7 Å². The third-order valence-electron chi connectivity index (χ3n) is 2.68. The Morgan fingerprint density at radius 1 is 1.36 bits per heavy atom. The van der Waals surface area contributed by atoms with Gasteiger partial charge >= 0.3 is 6.03 Å². The average Bonchev–Trinajstić information content (AvgIpc) is 2.19. The molecular formula is C10H20N2OS. The maximum atomic E-state index is 11.2. The number of amides is 2. The van der Waals surface area contributed by atoms with Crippen molar-refractivity contribution in [1.29, 1.82) is 0 Å². The summed E-state index contributed by atoms with van der Waals surface area (Å²) < 4.78 is 0. The highest BCUT2D eigenvalue weighted by Crippen LogP contribution is 2.26. The first-order chi connectivity index (χ1) is 6.76. The number of hydrogen-bond donors (Lipinski definition) is 2. The molecule has 3 nitrogen and oxygen atoms in total. The molecule has 1 saturated carbocycles. The number of thioether (sulfide) groups is 1. The maximum Gasteiger partial charge on any atom is 0.314 e. The Kier molecular flexibility index (Phi) is 5.15. The van der Waals surface area contributed by atoms with Crippen LogP contribution in [-0.2, 0) is 0 Å². The fourth-order valence-electron chi connectivity index (χ4n) is 1.84. The van der Waals surface area contributed by atoms with Gasteiger partial charge in [-0.25, -0.2) is 4.79 Å². The van der Waals surface area contributed by atoms with Gasteiger partial charge in [0.25, 0.3) is 0 Å². The molecule has 0 atom stereocenters. The number of hydrogen-bond acceptors (Lipinski definition) is 2. The van der Waals surface area contributed by atoms with Gasteiger partial charge in [-0.2, -0.15) is 11.8 Å². The summed E-state index contributed by atoms with van der Waals surface area (Å²) in [5.41, 5.74) is 0. The van der Waals surface area contributed by atoms with Crippen LogP contribution in [-0.4, -0.2) is 30.1 Å². The highest BCUT2D eigenvalue weighted by molar-refractivity contribution is 7.99. The predicted octanol–water partition coefficient (Wildman–Crippen LogP) is 1.98. The van der Waals surface area contributed by atoms with Crippen LogP contribution in [0.15, 0.2) is 0 Å². The molecule has 0 saturated heterocycles. The van der Waals surface area contributed by atoms with Crippen molar-refractivity contribution < 1.29 is 4.79 Å². The van der Waals surface area contributed by atoms with Crippen molar-refractivity contribution in [3.63, 3.8) is 0 Å². The van der Waals surface area contributed by atoms with Gasteiger partial charge in [-0.15, -0.1) is 0 Å². The summed E-state index contributed by atoms with van der Waals surface area (Å²) in [5.74, 6) is 0. The molecule has 0 aliphatic heterocycles. The lowest BCUT2D eigenvalue weighted by Crippen LogP contribution is -2.43. The summed E-state index contributed by atoms with van der Waals surface area (Å²) >= 11 is 1.95. The zero-order valence-corrected chi connectivity index (χ0v) is 9.82. The van der Waals surface area contributed by atoms with Gasteiger partial charge in [0.05, 0.1) is 0 Å². The minimum atomic E-state index is -0.0138. The first-order valence-electron chi connectivity index (χ1n) is 5.33. The molecule has 0 unspecified atom stereocenters. The zero-order chi connectivity index (χ0) is 10.4. The second-order valence-corrected chi connectivity index (χ2v) is 4.85. The van der Waals surface area contributed by atoms with Crippen LogP contribution < -0.4 is 10.6 Å². The van der Waals surface area contributed by atoms with E-state index >= 15 is 0 Å². The van der Waals surface area contributed by atoms with Crippen molar-refractivity contribution in [1.82, 2.24) is 10.6 Å². The van der Waals surface area contributed by atoms with Crippen molar-refractivity contribution >= 4 is 17.8 Å². The fraction of sp³-hybridized carbons (Fsp3) is 0.900. The Hall–Kier alpha value is -0.380. The lowest BCUT2D eigenvalue weighted by Gasteiger charge is -2.27. The fourth-order valence-corrected chi connectivity index (χ4v) is 2.58. The van der Waals surface area contributed by atoms with E-state index in [9.17, 15) is 4.79 Å². The summed E-state index contributed by atoms with van der Waals surface area (Å²) in [6.07, 6.45) is 6.89. The number of carbonyl (C=O) groups excluding carboxylic acids is 1. The van der Waals surface area contributed by atoms with E-state index in [1.165, 1.54) is 12.8 Å². The molecule has 0 spiro atoms. The summed E-state index contributed by atoms with van der Waals surface area (Å²) in [7, 11) is 0. The third kappa shape index (κ3) is 3.78. The standard InChI is InChI=1S/C10H20N2OS/c1-3-11-10(13)12-8-4-6-9(14-2)7-5-8/h8-9H,3-7H2,1-2H3,(H2,11,12,13). The Balaban J connectivity index is 2.18. The van der Waals surface area contributed by atoms with Gasteiger partial charge in [-0.05, 0) is 38.9 Å². The molecule has 4 heteroatoms. The first-order valence-corrected chi connectivity index (χ1v) is 6.62. The van der Waals surface area contributed by atoms with Gasteiger partial charge in [0.15, 0.2) is 0 Å². The molecule has 14 heavy (non-hydrogen) atoms. The highest BCUT2D eigenvalue weighted by atomic mass is 32.2. The van der Waals surface area contributed by atoms with Crippen LogP contribution in [0, 0.1) is 0 Å². The third-order valence-corrected chi connectivity index (χ3v) is 3.82. The van der Waals surface area contributed by atoms with E-state index in [0.717, 1.165) is 18.1 Å². The second kappa shape index (κ2) is 6.17. The summed E-state index contributed by atoms with van der Waals surface area (Å²) in [6.45, 7) is 2.64. The molecule has 1 aliphatic carbocycles. The monoisotopic (exact) mass is 216 g/mol. The van der Waals surface area contributed by atoms with Gasteiger partial charge in [-0.1, -0.05) is 0 Å². The van der Waals surface area contributed by atoms with Crippen molar-refractivity contribution in [2.24, 2.45) is 0 Å². The van der Waals surface area contributed by atoms with Crippen LogP contribution >= 0.6 is 11.8 Å². The van der Waals surface area contributed by atoms with Gasteiger partial charge < -0.3 is 10.6 Å². The molecular weight excluding hydrogens is 196 g/mol. The van der Waals surface area contributed by atoms with Crippen molar-refractivity contribution in [2.75, 3.05) is 12.8 Å². The van der Waals surface area contributed by atoms with E-state index in [1.54, 1.807) is 0 Å². The second-order valence-electron chi connectivity index (χ2n) is 3.71. The smallest absolute Gasteiger partial charge is 0.314 e. The summed E-state index contributed by atoms with van der Waals surface area (Å²) in [4.78, 5) is 11.2. The molecule has 2 amide bonds. The minimum absolute atomic E-state index is 0.0138. The normalized spacial score (nSPS) is 27.0. The summed E-state index contributed by atoms with van der Waals surface area (Å²) in [5, 5.41) is 6.58. The molecule has 0 radical (unpaired) electrons. The zero-order valence-electron chi connectivity index (χ0n) is 9.01. The molecule has 1 aliphatic rings. The van der Waals surface area contributed by atoms with Gasteiger partial charge in [0.2, 0.25) is 0 Å². The molecule has 0 bridgehead atoms. The van der Waals surface area contributed by atoms with Crippen molar-refractivity contribution in [2.45, 2.75) is 43.9 Å². The molecule has 0 heterocycles. The van der Waals surface area contributed by atoms with Crippen LogP contribution in [0.2, 0.25) is 0 Å². The van der Waals surface area contributed by atoms with Gasteiger partial charge in [0, 0.05) is 17.8 Å². The lowest BCUT2D eigenvalue weighted by atomic mass is 9.95. The minimum Gasteiger partial charge on any atom is -0.338 e. The topological polar surface area (TPSA) is 41.1 Å². The van der Waals surface area contributed by atoms with E-state index in [-0.39, 0.29) is 6.03 Å². The molecule has 0 aromatic rings. The van der Waals surface area contributed by atoms with Crippen LogP contribution in [0.5, 0.6) is 0 Å². The van der Waals surface area contributed by atoms with Crippen molar-refractivity contribution in [3.05, 3.63) is 0 Å². The Morgan fingerprint density at radius 3 is 2.50 bits per heavy atom. The molecule has 82 valence electrons. The van der Waals surface area contributed by atoms with Gasteiger partial charge in [0.1, 0.15) is 0 Å². The number of urea groups is 1. The van der Waals surface area contributed by atoms with Crippen molar-refractivity contribution in [3.8, 4) is 0 Å². The van der Waals surface area contributed by atoms with Crippen LogP contribution in [0.3, 0.4) is 0 Å². The van der Waals surface area contributed by atoms with Gasteiger partial charge in [-0.3, -0.25) is 0 Å². The average molecular weight is 216 g/mol. The van der Waals surface area contributed by atoms with E-state index < -0.39 is 0 Å². The molecule has 2 N–H and O–H groups in total. The number of nitrogens with one attached hydrogen (secondary N) is 2.